The smallest absolute Gasteiger partial charge is 0.404 e. The summed E-state index contributed by atoms with van der Waals surface area (Å²) in [6.45, 7) is 4.25. The fourth-order valence-electron chi connectivity index (χ4n) is 1.57. The Balaban J connectivity index is 2.02. The Labute approximate surface area is 116 Å². The molecule has 105 valence electrons. The van der Waals surface area contributed by atoms with E-state index in [4.69, 9.17) is 15.0 Å². The third-order valence-electron chi connectivity index (χ3n) is 2.48. The summed E-state index contributed by atoms with van der Waals surface area (Å²) in [5.74, 6) is 1.20. The molecule has 0 fully saturated rings. The second-order valence-electron chi connectivity index (χ2n) is 4.01. The lowest BCUT2D eigenvalue weighted by molar-refractivity contribution is 0.137. The van der Waals surface area contributed by atoms with Crippen LogP contribution in [0.15, 0.2) is 34.9 Å². The summed E-state index contributed by atoms with van der Waals surface area (Å²) in [6, 6.07) is 9.12. The minimum atomic E-state index is -0.852. The SMILES string of the molecule is [CH2]CCOc1ccc(-c2cc(COC(N)=O)on2)cc1. The first-order valence-corrected chi connectivity index (χ1v) is 6.09. The molecule has 0 spiro atoms. The average Bonchev–Trinajstić information content (AvgIpc) is 2.92. The number of rotatable bonds is 6. The first kappa shape index (κ1) is 13.9. The zero-order valence-corrected chi connectivity index (χ0v) is 10.9. The van der Waals surface area contributed by atoms with Crippen LogP contribution in [0.4, 0.5) is 4.79 Å². The highest BCUT2D eigenvalue weighted by molar-refractivity contribution is 5.64. The minimum Gasteiger partial charge on any atom is -0.494 e. The number of aromatic nitrogens is 1. The van der Waals surface area contributed by atoms with Gasteiger partial charge in [0.25, 0.3) is 0 Å². The van der Waals surface area contributed by atoms with Gasteiger partial charge in [0.1, 0.15) is 11.4 Å². The van der Waals surface area contributed by atoms with Crippen molar-refractivity contribution in [2.75, 3.05) is 6.61 Å². The third kappa shape index (κ3) is 3.74. The molecule has 0 aliphatic rings. The number of carbonyl (C=O) groups is 1. The lowest BCUT2D eigenvalue weighted by atomic mass is 10.1. The summed E-state index contributed by atoms with van der Waals surface area (Å²) >= 11 is 0. The Bertz CT molecular complexity index is 563. The fourth-order valence-corrected chi connectivity index (χ4v) is 1.57. The molecule has 2 aromatic rings. The van der Waals surface area contributed by atoms with Crippen molar-refractivity contribution in [3.8, 4) is 17.0 Å². The summed E-state index contributed by atoms with van der Waals surface area (Å²) in [6.07, 6.45) is -0.135. The Morgan fingerprint density at radius 3 is 2.75 bits per heavy atom. The minimum absolute atomic E-state index is 0.0347. The van der Waals surface area contributed by atoms with Gasteiger partial charge in [-0.1, -0.05) is 5.16 Å². The molecule has 6 nitrogen and oxygen atoms in total. The Hall–Kier alpha value is -2.50. The van der Waals surface area contributed by atoms with E-state index >= 15 is 0 Å². The molecule has 2 N–H and O–H groups in total. The number of hydrogen-bond donors (Lipinski definition) is 1. The van der Waals surface area contributed by atoms with Gasteiger partial charge in [0.2, 0.25) is 0 Å². The number of amides is 1. The zero-order valence-electron chi connectivity index (χ0n) is 10.9. The fraction of sp³-hybridized carbons (Fsp3) is 0.214. The molecule has 1 aromatic heterocycles. The van der Waals surface area contributed by atoms with Crippen LogP contribution >= 0.6 is 0 Å². The van der Waals surface area contributed by atoms with Gasteiger partial charge in [-0.25, -0.2) is 4.79 Å². The van der Waals surface area contributed by atoms with Crippen LogP contribution in [0.2, 0.25) is 0 Å². The van der Waals surface area contributed by atoms with E-state index in [9.17, 15) is 4.79 Å². The number of benzene rings is 1. The van der Waals surface area contributed by atoms with E-state index in [2.05, 4.69) is 16.8 Å². The summed E-state index contributed by atoms with van der Waals surface area (Å²) in [7, 11) is 0. The van der Waals surface area contributed by atoms with Crippen LogP contribution in [0.1, 0.15) is 12.2 Å². The highest BCUT2D eigenvalue weighted by atomic mass is 16.6. The molecule has 0 unspecified atom stereocenters. The molecule has 0 atom stereocenters. The second-order valence-corrected chi connectivity index (χ2v) is 4.01. The lowest BCUT2D eigenvalue weighted by Crippen LogP contribution is -2.12. The van der Waals surface area contributed by atoms with Crippen molar-refractivity contribution in [3.63, 3.8) is 0 Å². The molecule has 1 heterocycles. The van der Waals surface area contributed by atoms with Gasteiger partial charge in [-0.2, -0.15) is 0 Å². The van der Waals surface area contributed by atoms with Crippen molar-refractivity contribution in [2.45, 2.75) is 13.0 Å². The summed E-state index contributed by atoms with van der Waals surface area (Å²) in [5, 5.41) is 3.90. The van der Waals surface area contributed by atoms with Crippen LogP contribution in [-0.4, -0.2) is 17.9 Å². The van der Waals surface area contributed by atoms with Gasteiger partial charge in [-0.3, -0.25) is 0 Å². The van der Waals surface area contributed by atoms with E-state index in [0.29, 0.717) is 24.5 Å². The van der Waals surface area contributed by atoms with Gasteiger partial charge in [0.15, 0.2) is 12.4 Å². The number of carbonyl (C=O) groups excluding carboxylic acids is 1. The molecule has 2 rings (SSSR count). The van der Waals surface area contributed by atoms with E-state index in [1.807, 2.05) is 24.3 Å². The number of ether oxygens (including phenoxy) is 2. The summed E-state index contributed by atoms with van der Waals surface area (Å²) in [4.78, 5) is 10.5. The van der Waals surface area contributed by atoms with Crippen molar-refractivity contribution in [1.82, 2.24) is 5.16 Å². The molecular weight excluding hydrogens is 260 g/mol. The topological polar surface area (TPSA) is 87.6 Å². The quantitative estimate of drug-likeness (QED) is 0.875. The largest absolute Gasteiger partial charge is 0.494 e. The summed E-state index contributed by atoms with van der Waals surface area (Å²) < 4.78 is 15.1. The molecule has 6 heteroatoms. The molecule has 1 radical (unpaired) electrons. The van der Waals surface area contributed by atoms with Crippen LogP contribution in [-0.2, 0) is 11.3 Å². The van der Waals surface area contributed by atoms with Crippen molar-refractivity contribution < 1.29 is 18.8 Å². The molecule has 0 saturated carbocycles. The molecule has 20 heavy (non-hydrogen) atoms. The predicted octanol–water partition coefficient (Wildman–Crippen LogP) is 2.54. The Morgan fingerprint density at radius 1 is 1.35 bits per heavy atom. The number of nitrogens with two attached hydrogens (primary N) is 1. The van der Waals surface area contributed by atoms with Gasteiger partial charge in [0.05, 0.1) is 6.61 Å². The molecule has 1 amide bonds. The van der Waals surface area contributed by atoms with Crippen LogP contribution in [0.3, 0.4) is 0 Å². The first-order chi connectivity index (χ1) is 9.69. The van der Waals surface area contributed by atoms with E-state index in [1.54, 1.807) is 6.07 Å². The van der Waals surface area contributed by atoms with Crippen LogP contribution in [0, 0.1) is 6.92 Å². The van der Waals surface area contributed by atoms with Crippen LogP contribution < -0.4 is 10.5 Å². The molecule has 0 aliphatic heterocycles. The van der Waals surface area contributed by atoms with E-state index < -0.39 is 6.09 Å². The van der Waals surface area contributed by atoms with Gasteiger partial charge in [0, 0.05) is 11.6 Å². The molecule has 0 bridgehead atoms. The van der Waals surface area contributed by atoms with Gasteiger partial charge in [-0.15, -0.1) is 0 Å². The van der Waals surface area contributed by atoms with Crippen molar-refractivity contribution in [3.05, 3.63) is 43.0 Å². The number of nitrogens with zero attached hydrogens (tertiary/aromatic N) is 1. The monoisotopic (exact) mass is 275 g/mol. The first-order valence-electron chi connectivity index (χ1n) is 6.09. The van der Waals surface area contributed by atoms with Gasteiger partial charge in [-0.05, 0) is 37.6 Å². The third-order valence-corrected chi connectivity index (χ3v) is 2.48. The maximum atomic E-state index is 10.5. The molecule has 0 saturated heterocycles. The average molecular weight is 275 g/mol. The molecule has 1 aromatic carbocycles. The molecule has 0 aliphatic carbocycles. The van der Waals surface area contributed by atoms with E-state index in [0.717, 1.165) is 11.3 Å². The second kappa shape index (κ2) is 6.60. The van der Waals surface area contributed by atoms with Crippen molar-refractivity contribution in [2.24, 2.45) is 5.73 Å². The number of hydrogen-bond acceptors (Lipinski definition) is 5. The van der Waals surface area contributed by atoms with Crippen LogP contribution in [0.5, 0.6) is 5.75 Å². The number of primary amides is 1. The Kier molecular flexibility index (Phi) is 4.60. The Morgan fingerprint density at radius 2 is 2.10 bits per heavy atom. The zero-order chi connectivity index (χ0) is 14.4. The summed E-state index contributed by atoms with van der Waals surface area (Å²) in [5.41, 5.74) is 6.40. The predicted molar refractivity (Wildman–Crippen MR) is 71.8 cm³/mol. The van der Waals surface area contributed by atoms with E-state index in [-0.39, 0.29) is 6.61 Å². The normalized spacial score (nSPS) is 10.2. The highest BCUT2D eigenvalue weighted by Crippen LogP contribution is 2.22. The standard InChI is InChI=1S/C14H15N2O4/c1-2-7-18-11-5-3-10(4-6-11)13-8-12(20-16-13)9-19-14(15)17/h3-6,8H,1-2,7,9H2,(H2,15,17). The van der Waals surface area contributed by atoms with E-state index in [1.165, 1.54) is 0 Å². The van der Waals surface area contributed by atoms with Gasteiger partial charge >= 0.3 is 6.09 Å². The van der Waals surface area contributed by atoms with Crippen molar-refractivity contribution in [1.29, 1.82) is 0 Å². The molecular formula is C14H15N2O4. The maximum Gasteiger partial charge on any atom is 0.404 e. The maximum absolute atomic E-state index is 10.5. The highest BCUT2D eigenvalue weighted by Gasteiger charge is 2.08. The van der Waals surface area contributed by atoms with Crippen LogP contribution in [0.25, 0.3) is 11.3 Å². The van der Waals surface area contributed by atoms with Gasteiger partial charge < -0.3 is 19.7 Å². The van der Waals surface area contributed by atoms with Crippen molar-refractivity contribution >= 4 is 6.09 Å². The lowest BCUT2D eigenvalue weighted by Gasteiger charge is -2.04.